The molecule has 1 unspecified atom stereocenters. The van der Waals surface area contributed by atoms with E-state index in [0.717, 1.165) is 0 Å². The Kier molecular flexibility index (Phi) is 6.15. The van der Waals surface area contributed by atoms with Gasteiger partial charge in [0.2, 0.25) is 0 Å². The van der Waals surface area contributed by atoms with Crippen molar-refractivity contribution in [3.8, 4) is 0 Å². The van der Waals surface area contributed by atoms with E-state index in [0.29, 0.717) is 0 Å². The summed E-state index contributed by atoms with van der Waals surface area (Å²) in [6.45, 7) is 12.9. The minimum absolute atomic E-state index is 0.836. The zero-order valence-corrected chi connectivity index (χ0v) is 18.1. The van der Waals surface area contributed by atoms with Gasteiger partial charge in [-0.25, -0.2) is 4.39 Å². The lowest BCUT2D eigenvalue weighted by molar-refractivity contribution is -0.226. The molecule has 7 nitrogen and oxygen atoms in total. The maximum absolute atomic E-state index is 15.5. The predicted octanol–water partition coefficient (Wildman–Crippen LogP) is 1.35. The van der Waals surface area contributed by atoms with Gasteiger partial charge in [0.15, 0.2) is 29.1 Å². The second-order valence-electron chi connectivity index (χ2n) is 10.6. The second-order valence-corrected chi connectivity index (χ2v) is 10.6. The van der Waals surface area contributed by atoms with E-state index in [1.165, 1.54) is 62.3 Å². The summed E-state index contributed by atoms with van der Waals surface area (Å²) >= 11 is 0. The molecule has 5 atom stereocenters. The fourth-order valence-corrected chi connectivity index (χ4v) is 3.22. The minimum atomic E-state index is -3.20. The Hall–Kier alpha value is -1.22. The number of ether oxygens (including phenoxy) is 1. The van der Waals surface area contributed by atoms with E-state index < -0.39 is 63.4 Å². The van der Waals surface area contributed by atoms with Gasteiger partial charge in [-0.05, 0) is 0 Å². The Morgan fingerprint density at radius 2 is 1.25 bits per heavy atom. The molecule has 28 heavy (non-hydrogen) atoms. The number of aliphatic hydroxyl groups excluding tert-OH is 1. The normalized spacial score (nSPS) is 32.9. The Morgan fingerprint density at radius 3 is 1.57 bits per heavy atom. The molecule has 1 aliphatic rings. The largest absolute Gasteiger partial charge is 0.382 e. The lowest BCUT2D eigenvalue weighted by atomic mass is 9.71. The summed E-state index contributed by atoms with van der Waals surface area (Å²) in [5.74, 6) is -6.25. The van der Waals surface area contributed by atoms with Gasteiger partial charge in [0.1, 0.15) is 12.2 Å². The number of carbonyl (C=O) groups is 3. The van der Waals surface area contributed by atoms with E-state index in [-0.39, 0.29) is 0 Å². The Bertz CT molecular complexity index is 668. The molecule has 0 aromatic rings. The number of carbonyl (C=O) groups excluding carboxylic acids is 3. The van der Waals surface area contributed by atoms with Crippen LogP contribution in [0, 0.1) is 16.2 Å². The van der Waals surface area contributed by atoms with Crippen LogP contribution >= 0.6 is 0 Å². The van der Waals surface area contributed by atoms with Gasteiger partial charge in [-0.15, -0.1) is 0 Å². The summed E-state index contributed by atoms with van der Waals surface area (Å²) in [5.41, 5.74) is -6.83. The van der Waals surface area contributed by atoms with Crippen molar-refractivity contribution in [1.82, 2.24) is 0 Å². The summed E-state index contributed by atoms with van der Waals surface area (Å²) in [6, 6.07) is 0. The Balaban J connectivity index is 3.65. The monoisotopic (exact) mass is 404 g/mol. The molecule has 0 aliphatic carbocycles. The topological polar surface area (TPSA) is 121 Å². The highest BCUT2D eigenvalue weighted by Crippen LogP contribution is 2.47. The van der Waals surface area contributed by atoms with Gasteiger partial charge in [0.25, 0.3) is 5.79 Å². The molecule has 0 amide bonds. The molecule has 3 N–H and O–H groups in total. The lowest BCUT2D eigenvalue weighted by Crippen LogP contribution is -2.63. The Labute approximate surface area is 165 Å². The Morgan fingerprint density at radius 1 is 0.857 bits per heavy atom. The van der Waals surface area contributed by atoms with E-state index in [1.807, 2.05) is 0 Å². The van der Waals surface area contributed by atoms with Gasteiger partial charge in [-0.3, -0.25) is 14.4 Å². The van der Waals surface area contributed by atoms with E-state index in [9.17, 15) is 29.7 Å². The number of aliphatic hydroxyl groups is 3. The summed E-state index contributed by atoms with van der Waals surface area (Å²) in [4.78, 5) is 38.2. The summed E-state index contributed by atoms with van der Waals surface area (Å²) in [5, 5.41) is 32.4. The van der Waals surface area contributed by atoms with Crippen molar-refractivity contribution in [2.24, 2.45) is 16.2 Å². The quantitative estimate of drug-likeness (QED) is 0.647. The molecule has 1 fully saturated rings. The molecule has 1 rings (SSSR count). The highest BCUT2D eigenvalue weighted by Gasteiger charge is 2.74. The van der Waals surface area contributed by atoms with Crippen molar-refractivity contribution < 1.29 is 38.8 Å². The fourth-order valence-electron chi connectivity index (χ4n) is 3.22. The van der Waals surface area contributed by atoms with Crippen LogP contribution in [0.15, 0.2) is 0 Å². The van der Waals surface area contributed by atoms with Crippen LogP contribution in [-0.4, -0.2) is 62.4 Å². The number of alkyl halides is 1. The zero-order valence-electron chi connectivity index (χ0n) is 18.1. The second kappa shape index (κ2) is 6.93. The van der Waals surface area contributed by atoms with E-state index in [1.54, 1.807) is 0 Å². The van der Waals surface area contributed by atoms with Crippen molar-refractivity contribution in [2.75, 3.05) is 0 Å². The third-order valence-corrected chi connectivity index (χ3v) is 4.82. The fraction of sp³-hybridized carbons (Fsp3) is 0.850. The van der Waals surface area contributed by atoms with Crippen molar-refractivity contribution in [3.05, 3.63) is 0 Å². The number of ketones is 3. The molecule has 1 aliphatic heterocycles. The van der Waals surface area contributed by atoms with E-state index in [2.05, 4.69) is 0 Å². The SMILES string of the molecule is CC(C)(C)C(=O)C(O)[C@H]1O[C@@](O)(C(=O)C(C)(C)C)[C@@H](F)[C@@]1(O)C(=O)C(C)(C)C. The maximum Gasteiger partial charge on any atom is 0.263 e. The summed E-state index contributed by atoms with van der Waals surface area (Å²) in [7, 11) is 0. The first-order valence-corrected chi connectivity index (χ1v) is 9.21. The minimum Gasteiger partial charge on any atom is -0.382 e. The molecule has 0 saturated carbocycles. The van der Waals surface area contributed by atoms with Crippen molar-refractivity contribution in [2.45, 2.75) is 92.1 Å². The molecule has 0 aromatic carbocycles. The zero-order chi connectivity index (χ0) is 22.7. The van der Waals surface area contributed by atoms with Gasteiger partial charge in [-0.1, -0.05) is 62.3 Å². The molecular formula is C20H33FO7. The van der Waals surface area contributed by atoms with Crippen molar-refractivity contribution in [1.29, 1.82) is 0 Å². The maximum atomic E-state index is 15.5. The first-order valence-electron chi connectivity index (χ1n) is 9.21. The van der Waals surface area contributed by atoms with Crippen molar-refractivity contribution >= 4 is 17.3 Å². The van der Waals surface area contributed by atoms with Gasteiger partial charge in [0.05, 0.1) is 0 Å². The smallest absolute Gasteiger partial charge is 0.263 e. The van der Waals surface area contributed by atoms with Crippen LogP contribution in [0.1, 0.15) is 62.3 Å². The molecule has 0 spiro atoms. The number of hydrogen-bond acceptors (Lipinski definition) is 7. The van der Waals surface area contributed by atoms with Gasteiger partial charge in [-0.2, -0.15) is 0 Å². The highest BCUT2D eigenvalue weighted by molar-refractivity contribution is 5.99. The molecule has 0 radical (unpaired) electrons. The van der Waals surface area contributed by atoms with Crippen LogP contribution in [0.2, 0.25) is 0 Å². The lowest BCUT2D eigenvalue weighted by Gasteiger charge is -2.36. The predicted molar refractivity (Wildman–Crippen MR) is 99.1 cm³/mol. The van der Waals surface area contributed by atoms with Crippen LogP contribution < -0.4 is 0 Å². The van der Waals surface area contributed by atoms with Gasteiger partial charge < -0.3 is 20.1 Å². The third kappa shape index (κ3) is 3.92. The average Bonchev–Trinajstić information content (AvgIpc) is 2.72. The number of halogens is 1. The van der Waals surface area contributed by atoms with Crippen LogP contribution in [0.25, 0.3) is 0 Å². The number of rotatable bonds is 4. The van der Waals surface area contributed by atoms with E-state index >= 15 is 4.39 Å². The first-order chi connectivity index (χ1) is 12.1. The molecule has 1 saturated heterocycles. The van der Waals surface area contributed by atoms with Crippen LogP contribution in [-0.2, 0) is 19.1 Å². The molecule has 8 heteroatoms. The number of Topliss-reactive ketones (excluding diaryl/α,β-unsaturated/α-hetero) is 3. The first kappa shape index (κ1) is 24.8. The van der Waals surface area contributed by atoms with Crippen LogP contribution in [0.3, 0.4) is 0 Å². The molecule has 162 valence electrons. The van der Waals surface area contributed by atoms with Crippen molar-refractivity contribution in [3.63, 3.8) is 0 Å². The van der Waals surface area contributed by atoms with Crippen LogP contribution in [0.4, 0.5) is 4.39 Å². The third-order valence-electron chi connectivity index (χ3n) is 4.82. The summed E-state index contributed by atoms with van der Waals surface area (Å²) in [6.07, 6.45) is -7.19. The van der Waals surface area contributed by atoms with Gasteiger partial charge in [0, 0.05) is 16.2 Å². The van der Waals surface area contributed by atoms with Crippen LogP contribution in [0.5, 0.6) is 0 Å². The molecular weight excluding hydrogens is 371 g/mol. The van der Waals surface area contributed by atoms with Gasteiger partial charge >= 0.3 is 0 Å². The average molecular weight is 404 g/mol. The van der Waals surface area contributed by atoms with E-state index in [4.69, 9.17) is 4.74 Å². The number of hydrogen-bond donors (Lipinski definition) is 3. The highest BCUT2D eigenvalue weighted by atomic mass is 19.1. The summed E-state index contributed by atoms with van der Waals surface area (Å²) < 4.78 is 20.6. The molecule has 0 bridgehead atoms. The standard InChI is InChI=1S/C20H33FO7/c1-16(2,3)11(23)10(22)12-19(26,14(24)17(4,5)6)13(21)20(27,28-12)15(25)18(7,8)9/h10,12-13,22,26-27H,1-9H3/t10?,12-,13+,19-,20-/m1/s1. The molecule has 0 aromatic heterocycles. The molecule has 1 heterocycles.